The standard InChI is InChI=1S/C18H22N4O5S/c1-10-16(11(2)21(5)20-10)19-17(23)12(3)27-18(24)13(4)28-15-8-6-14(7-9-15)22(25)26/h6-9,12-13H,1-5H3,(H,19,23). The number of rotatable bonds is 7. The van der Waals surface area contributed by atoms with Gasteiger partial charge >= 0.3 is 5.97 Å². The molecule has 150 valence electrons. The second-order valence-electron chi connectivity index (χ2n) is 6.25. The van der Waals surface area contributed by atoms with Crippen LogP contribution >= 0.6 is 11.8 Å². The summed E-state index contributed by atoms with van der Waals surface area (Å²) in [6.45, 7) is 6.75. The van der Waals surface area contributed by atoms with Crippen LogP contribution in [0.25, 0.3) is 0 Å². The predicted molar refractivity (Wildman–Crippen MR) is 105 cm³/mol. The van der Waals surface area contributed by atoms with Gasteiger partial charge < -0.3 is 10.1 Å². The molecule has 9 nitrogen and oxygen atoms in total. The Hall–Kier alpha value is -2.88. The van der Waals surface area contributed by atoms with Crippen molar-refractivity contribution >= 4 is 35.0 Å². The number of nitro groups is 1. The smallest absolute Gasteiger partial charge is 0.319 e. The van der Waals surface area contributed by atoms with Crippen molar-refractivity contribution in [1.29, 1.82) is 0 Å². The molecule has 2 atom stereocenters. The van der Waals surface area contributed by atoms with E-state index in [0.717, 1.165) is 5.69 Å². The van der Waals surface area contributed by atoms with Gasteiger partial charge in [-0.1, -0.05) is 0 Å². The molecule has 0 aliphatic carbocycles. The first-order valence-corrected chi connectivity index (χ1v) is 9.40. The third-order valence-corrected chi connectivity index (χ3v) is 5.20. The first kappa shape index (κ1) is 21.4. The summed E-state index contributed by atoms with van der Waals surface area (Å²) in [6.07, 6.45) is -0.980. The fourth-order valence-electron chi connectivity index (χ4n) is 2.40. The number of anilines is 1. The Labute approximate surface area is 166 Å². The van der Waals surface area contributed by atoms with Crippen molar-refractivity contribution in [1.82, 2.24) is 9.78 Å². The maximum atomic E-state index is 12.3. The second-order valence-corrected chi connectivity index (χ2v) is 7.66. The number of nitrogens with zero attached hydrogens (tertiary/aromatic N) is 3. The third kappa shape index (κ3) is 5.10. The average molecular weight is 406 g/mol. The van der Waals surface area contributed by atoms with Crippen LogP contribution in [0, 0.1) is 24.0 Å². The van der Waals surface area contributed by atoms with Crippen LogP contribution in [-0.4, -0.2) is 37.9 Å². The molecular weight excluding hydrogens is 384 g/mol. The van der Waals surface area contributed by atoms with Crippen molar-refractivity contribution in [3.05, 3.63) is 45.8 Å². The van der Waals surface area contributed by atoms with E-state index in [1.54, 1.807) is 37.7 Å². The second kappa shape index (κ2) is 8.87. The molecule has 0 saturated carbocycles. The topological polar surface area (TPSA) is 116 Å². The molecule has 0 fully saturated rings. The Morgan fingerprint density at radius 2 is 1.86 bits per heavy atom. The molecule has 1 aromatic carbocycles. The van der Waals surface area contributed by atoms with Crippen LogP contribution in [-0.2, 0) is 21.4 Å². The predicted octanol–water partition coefficient (Wildman–Crippen LogP) is 3.00. The van der Waals surface area contributed by atoms with Gasteiger partial charge in [-0.15, -0.1) is 11.8 Å². The molecule has 0 spiro atoms. The van der Waals surface area contributed by atoms with Gasteiger partial charge in [-0.25, -0.2) is 0 Å². The van der Waals surface area contributed by atoms with Gasteiger partial charge in [0.15, 0.2) is 6.10 Å². The number of non-ortho nitro benzene ring substituents is 1. The van der Waals surface area contributed by atoms with Crippen LogP contribution in [0.4, 0.5) is 11.4 Å². The van der Waals surface area contributed by atoms with Crippen LogP contribution in [0.1, 0.15) is 25.2 Å². The van der Waals surface area contributed by atoms with Crippen LogP contribution in [0.15, 0.2) is 29.2 Å². The van der Waals surface area contributed by atoms with Gasteiger partial charge in [-0.2, -0.15) is 5.10 Å². The van der Waals surface area contributed by atoms with Crippen LogP contribution < -0.4 is 5.32 Å². The van der Waals surface area contributed by atoms with E-state index in [2.05, 4.69) is 10.4 Å². The Morgan fingerprint density at radius 3 is 2.36 bits per heavy atom. The monoisotopic (exact) mass is 406 g/mol. The summed E-state index contributed by atoms with van der Waals surface area (Å²) >= 11 is 1.20. The molecule has 1 aromatic heterocycles. The molecule has 1 N–H and O–H groups in total. The largest absolute Gasteiger partial charge is 0.452 e. The minimum absolute atomic E-state index is 0.0224. The molecule has 2 aromatic rings. The molecule has 0 bridgehead atoms. The van der Waals surface area contributed by atoms with Gasteiger partial charge in [-0.05, 0) is 39.8 Å². The fourth-order valence-corrected chi connectivity index (χ4v) is 3.25. The molecule has 10 heteroatoms. The van der Waals surface area contributed by atoms with E-state index in [-0.39, 0.29) is 5.69 Å². The van der Waals surface area contributed by atoms with E-state index in [4.69, 9.17) is 4.74 Å². The molecule has 0 aliphatic rings. The first-order valence-electron chi connectivity index (χ1n) is 8.52. The number of benzene rings is 1. The number of hydrogen-bond donors (Lipinski definition) is 1. The fraction of sp³-hybridized carbons (Fsp3) is 0.389. The molecule has 1 heterocycles. The highest BCUT2D eigenvalue weighted by atomic mass is 32.2. The summed E-state index contributed by atoms with van der Waals surface area (Å²) < 4.78 is 6.92. The number of aryl methyl sites for hydroxylation is 2. The van der Waals surface area contributed by atoms with Gasteiger partial charge in [-0.3, -0.25) is 24.4 Å². The van der Waals surface area contributed by atoms with E-state index in [9.17, 15) is 19.7 Å². The lowest BCUT2D eigenvalue weighted by molar-refractivity contribution is -0.384. The Bertz CT molecular complexity index is 894. The highest BCUT2D eigenvalue weighted by Gasteiger charge is 2.24. The lowest BCUT2D eigenvalue weighted by atomic mass is 10.3. The normalized spacial score (nSPS) is 12.9. The molecule has 0 saturated heterocycles. The van der Waals surface area contributed by atoms with Crippen molar-refractivity contribution < 1.29 is 19.2 Å². The summed E-state index contributed by atoms with van der Waals surface area (Å²) in [4.78, 5) is 35.5. The first-order chi connectivity index (χ1) is 13.1. The van der Waals surface area contributed by atoms with Gasteiger partial charge in [0.2, 0.25) is 0 Å². The molecule has 2 unspecified atom stereocenters. The van der Waals surface area contributed by atoms with Crippen molar-refractivity contribution in [3.63, 3.8) is 0 Å². The van der Waals surface area contributed by atoms with Gasteiger partial charge in [0.05, 0.1) is 22.0 Å². The zero-order chi connectivity index (χ0) is 21.0. The van der Waals surface area contributed by atoms with Gasteiger partial charge in [0.1, 0.15) is 5.25 Å². The maximum Gasteiger partial charge on any atom is 0.319 e. The summed E-state index contributed by atoms with van der Waals surface area (Å²) in [6, 6.07) is 5.87. The number of hydrogen-bond acceptors (Lipinski definition) is 7. The molecule has 0 aliphatic heterocycles. The van der Waals surface area contributed by atoms with Crippen molar-refractivity contribution in [2.75, 3.05) is 5.32 Å². The number of esters is 1. The van der Waals surface area contributed by atoms with Gasteiger partial charge in [0, 0.05) is 24.1 Å². The zero-order valence-corrected chi connectivity index (χ0v) is 17.1. The SMILES string of the molecule is Cc1nn(C)c(C)c1NC(=O)C(C)OC(=O)C(C)Sc1ccc([N+](=O)[O-])cc1. The molecular formula is C18H22N4O5S. The Morgan fingerprint density at radius 1 is 1.25 bits per heavy atom. The van der Waals surface area contributed by atoms with Crippen molar-refractivity contribution in [2.45, 2.75) is 43.9 Å². The highest BCUT2D eigenvalue weighted by Crippen LogP contribution is 2.26. The summed E-state index contributed by atoms with van der Waals surface area (Å²) in [5, 5.41) is 17.1. The highest BCUT2D eigenvalue weighted by molar-refractivity contribution is 8.00. The zero-order valence-electron chi connectivity index (χ0n) is 16.3. The number of thioether (sulfide) groups is 1. The Balaban J connectivity index is 1.93. The van der Waals surface area contributed by atoms with Crippen molar-refractivity contribution in [2.24, 2.45) is 7.05 Å². The van der Waals surface area contributed by atoms with Gasteiger partial charge in [0.25, 0.3) is 11.6 Å². The minimum atomic E-state index is -0.980. The van der Waals surface area contributed by atoms with E-state index < -0.39 is 28.2 Å². The van der Waals surface area contributed by atoms with Crippen LogP contribution in [0.2, 0.25) is 0 Å². The third-order valence-electron chi connectivity index (χ3n) is 4.11. The summed E-state index contributed by atoms with van der Waals surface area (Å²) in [5.74, 6) is -0.995. The molecule has 28 heavy (non-hydrogen) atoms. The number of aromatic nitrogens is 2. The molecule has 2 rings (SSSR count). The summed E-state index contributed by atoms with van der Waals surface area (Å²) in [7, 11) is 1.78. The number of carbonyl (C=O) groups excluding carboxylic acids is 2. The van der Waals surface area contributed by atoms with Crippen molar-refractivity contribution in [3.8, 4) is 0 Å². The van der Waals surface area contributed by atoms with E-state index in [1.807, 2.05) is 6.92 Å². The van der Waals surface area contributed by atoms with E-state index in [0.29, 0.717) is 16.3 Å². The molecule has 0 radical (unpaired) electrons. The van der Waals surface area contributed by atoms with E-state index in [1.165, 1.54) is 30.8 Å². The lowest BCUT2D eigenvalue weighted by Crippen LogP contribution is -2.32. The van der Waals surface area contributed by atoms with E-state index >= 15 is 0 Å². The van der Waals surface area contributed by atoms with Crippen LogP contribution in [0.3, 0.4) is 0 Å². The lowest BCUT2D eigenvalue weighted by Gasteiger charge is -2.16. The number of carbonyl (C=O) groups is 2. The minimum Gasteiger partial charge on any atom is -0.452 e. The average Bonchev–Trinajstić information content (AvgIpc) is 2.88. The summed E-state index contributed by atoms with van der Waals surface area (Å²) in [5.41, 5.74) is 2.05. The quantitative estimate of drug-likeness (QED) is 0.325. The number of ether oxygens (including phenoxy) is 1. The number of nitrogens with one attached hydrogen (secondary N) is 1. The molecule has 1 amide bonds. The number of amides is 1. The number of nitro benzene ring substituents is 1. The van der Waals surface area contributed by atoms with Crippen LogP contribution in [0.5, 0.6) is 0 Å². The maximum absolute atomic E-state index is 12.3. The Kier molecular flexibility index (Phi) is 6.79.